The number of amides is 2. The first-order valence-electron chi connectivity index (χ1n) is 10.6. The monoisotopic (exact) mass is 410 g/mol. The second-order valence-corrected chi connectivity index (χ2v) is 8.19. The molecule has 2 amide bonds. The molecule has 160 valence electrons. The third-order valence-corrected chi connectivity index (χ3v) is 6.08. The predicted octanol–water partition coefficient (Wildman–Crippen LogP) is 2.98. The minimum Gasteiger partial charge on any atom is -0.454 e. The van der Waals surface area contributed by atoms with E-state index in [1.165, 1.54) is 6.42 Å². The van der Waals surface area contributed by atoms with Crippen LogP contribution >= 0.6 is 0 Å². The molecule has 6 heteroatoms. The Morgan fingerprint density at radius 2 is 1.77 bits per heavy atom. The highest BCUT2D eigenvalue weighted by molar-refractivity contribution is 5.91. The van der Waals surface area contributed by atoms with Gasteiger partial charge in [0.2, 0.25) is 5.91 Å². The van der Waals surface area contributed by atoms with Crippen LogP contribution in [0, 0.1) is 11.8 Å². The van der Waals surface area contributed by atoms with E-state index in [2.05, 4.69) is 24.5 Å². The maximum Gasteiger partial charge on any atom is 0.325 e. The quantitative estimate of drug-likeness (QED) is 0.688. The van der Waals surface area contributed by atoms with Gasteiger partial charge in [-0.1, -0.05) is 69.2 Å². The SMILES string of the molecule is C[C@@H]1[C@H](C)CCC[C@@H]1NC(=O)COC(=O)CNC(=O)Cc1cccc2ccccc12. The Labute approximate surface area is 177 Å². The molecule has 6 nitrogen and oxygen atoms in total. The lowest BCUT2D eigenvalue weighted by molar-refractivity contribution is -0.148. The zero-order valence-corrected chi connectivity index (χ0v) is 17.6. The summed E-state index contributed by atoms with van der Waals surface area (Å²) >= 11 is 0. The first-order chi connectivity index (χ1) is 14.4. The van der Waals surface area contributed by atoms with Gasteiger partial charge in [0.1, 0.15) is 6.54 Å². The molecule has 0 saturated heterocycles. The lowest BCUT2D eigenvalue weighted by Crippen LogP contribution is -2.45. The summed E-state index contributed by atoms with van der Waals surface area (Å²) in [7, 11) is 0. The molecule has 0 heterocycles. The number of hydrogen-bond donors (Lipinski definition) is 2. The highest BCUT2D eigenvalue weighted by atomic mass is 16.5. The number of benzene rings is 2. The first-order valence-corrected chi connectivity index (χ1v) is 10.6. The zero-order valence-electron chi connectivity index (χ0n) is 17.6. The molecule has 0 bridgehead atoms. The molecule has 3 atom stereocenters. The van der Waals surface area contributed by atoms with Crippen molar-refractivity contribution in [2.45, 2.75) is 45.6 Å². The van der Waals surface area contributed by atoms with Crippen LogP contribution in [0.15, 0.2) is 42.5 Å². The molecule has 2 N–H and O–H groups in total. The summed E-state index contributed by atoms with van der Waals surface area (Å²) in [6.07, 6.45) is 3.41. The van der Waals surface area contributed by atoms with Gasteiger partial charge < -0.3 is 15.4 Å². The van der Waals surface area contributed by atoms with E-state index in [1.54, 1.807) is 0 Å². The van der Waals surface area contributed by atoms with E-state index in [4.69, 9.17) is 4.74 Å². The van der Waals surface area contributed by atoms with Crippen LogP contribution in [-0.4, -0.2) is 37.0 Å². The van der Waals surface area contributed by atoms with Crippen molar-refractivity contribution in [3.05, 3.63) is 48.0 Å². The van der Waals surface area contributed by atoms with Gasteiger partial charge in [-0.3, -0.25) is 14.4 Å². The Hall–Kier alpha value is -2.89. The highest BCUT2D eigenvalue weighted by Crippen LogP contribution is 2.29. The molecule has 1 saturated carbocycles. The summed E-state index contributed by atoms with van der Waals surface area (Å²) in [6.45, 7) is 3.76. The molecule has 1 fully saturated rings. The van der Waals surface area contributed by atoms with E-state index in [0.717, 1.165) is 29.2 Å². The molecule has 1 aliphatic carbocycles. The van der Waals surface area contributed by atoms with Gasteiger partial charge in [0.05, 0.1) is 6.42 Å². The fourth-order valence-electron chi connectivity index (χ4n) is 4.08. The molecule has 0 spiro atoms. The minimum atomic E-state index is -0.624. The average Bonchev–Trinajstić information content (AvgIpc) is 2.74. The van der Waals surface area contributed by atoms with Gasteiger partial charge in [-0.15, -0.1) is 0 Å². The summed E-state index contributed by atoms with van der Waals surface area (Å²) < 4.78 is 5.01. The standard InChI is InChI=1S/C24H30N2O4/c1-16-7-5-12-21(17(16)2)26-23(28)15-30-24(29)14-25-22(27)13-19-10-6-9-18-8-3-4-11-20(18)19/h3-4,6,8-11,16-17,21H,5,7,12-15H2,1-2H3,(H,25,27)(H,26,28)/t16-,17-,21+/m1/s1. The molecule has 0 radical (unpaired) electrons. The second kappa shape index (κ2) is 10.2. The van der Waals surface area contributed by atoms with Crippen LogP contribution in [0.3, 0.4) is 0 Å². The van der Waals surface area contributed by atoms with E-state index in [-0.39, 0.29) is 37.4 Å². The van der Waals surface area contributed by atoms with Gasteiger partial charge in [0, 0.05) is 6.04 Å². The number of carbonyl (C=O) groups excluding carboxylic acids is 3. The van der Waals surface area contributed by atoms with Crippen molar-refractivity contribution in [3.8, 4) is 0 Å². The molecule has 2 aromatic rings. The summed E-state index contributed by atoms with van der Waals surface area (Å²) in [5, 5.41) is 7.61. The maximum atomic E-state index is 12.2. The third kappa shape index (κ3) is 5.81. The maximum absolute atomic E-state index is 12.2. The van der Waals surface area contributed by atoms with Gasteiger partial charge in [0.15, 0.2) is 6.61 Å². The number of nitrogens with one attached hydrogen (secondary N) is 2. The number of hydrogen-bond acceptors (Lipinski definition) is 4. The average molecular weight is 411 g/mol. The Balaban J connectivity index is 1.40. The Morgan fingerprint density at radius 3 is 2.60 bits per heavy atom. The van der Waals surface area contributed by atoms with Crippen LogP contribution in [-0.2, 0) is 25.5 Å². The molecular weight excluding hydrogens is 380 g/mol. The summed E-state index contributed by atoms with van der Waals surface area (Å²) in [5.74, 6) is -0.203. The normalized spacial score (nSPS) is 21.1. The van der Waals surface area contributed by atoms with Crippen LogP contribution < -0.4 is 10.6 Å². The molecule has 3 rings (SSSR count). The van der Waals surface area contributed by atoms with E-state index in [1.807, 2.05) is 42.5 Å². The lowest BCUT2D eigenvalue weighted by Gasteiger charge is -2.34. The van der Waals surface area contributed by atoms with Crippen molar-refractivity contribution in [2.75, 3.05) is 13.2 Å². The van der Waals surface area contributed by atoms with Gasteiger partial charge in [-0.05, 0) is 34.6 Å². The molecular formula is C24H30N2O4. The molecule has 2 aromatic carbocycles. The topological polar surface area (TPSA) is 84.5 Å². The van der Waals surface area contributed by atoms with E-state index >= 15 is 0 Å². The number of rotatable bonds is 7. The van der Waals surface area contributed by atoms with Crippen molar-refractivity contribution in [1.82, 2.24) is 10.6 Å². The van der Waals surface area contributed by atoms with Gasteiger partial charge in [0.25, 0.3) is 5.91 Å². The van der Waals surface area contributed by atoms with Crippen molar-refractivity contribution >= 4 is 28.6 Å². The Kier molecular flexibility index (Phi) is 7.44. The van der Waals surface area contributed by atoms with Crippen LogP contribution in [0.4, 0.5) is 0 Å². The van der Waals surface area contributed by atoms with Crippen molar-refractivity contribution in [2.24, 2.45) is 11.8 Å². The van der Waals surface area contributed by atoms with E-state index in [0.29, 0.717) is 11.8 Å². The van der Waals surface area contributed by atoms with Crippen LogP contribution in [0.2, 0.25) is 0 Å². The largest absolute Gasteiger partial charge is 0.454 e. The van der Waals surface area contributed by atoms with E-state index < -0.39 is 5.97 Å². The summed E-state index contributed by atoms with van der Waals surface area (Å²) in [4.78, 5) is 36.2. The van der Waals surface area contributed by atoms with Crippen LogP contribution in [0.5, 0.6) is 0 Å². The first kappa shape index (κ1) is 21.8. The summed E-state index contributed by atoms with van der Waals surface area (Å²) in [5.41, 5.74) is 0.897. The fraction of sp³-hybridized carbons (Fsp3) is 0.458. The highest BCUT2D eigenvalue weighted by Gasteiger charge is 2.28. The molecule has 30 heavy (non-hydrogen) atoms. The number of carbonyl (C=O) groups is 3. The predicted molar refractivity (Wildman–Crippen MR) is 116 cm³/mol. The van der Waals surface area contributed by atoms with Crippen molar-refractivity contribution in [3.63, 3.8) is 0 Å². The molecule has 1 aliphatic rings. The van der Waals surface area contributed by atoms with Crippen molar-refractivity contribution < 1.29 is 19.1 Å². The molecule has 0 aromatic heterocycles. The third-order valence-electron chi connectivity index (χ3n) is 6.08. The van der Waals surface area contributed by atoms with Crippen LogP contribution in [0.1, 0.15) is 38.7 Å². The number of fused-ring (bicyclic) bond motifs is 1. The van der Waals surface area contributed by atoms with Gasteiger partial charge >= 0.3 is 5.97 Å². The summed E-state index contributed by atoms with van der Waals surface area (Å²) in [6, 6.07) is 13.8. The smallest absolute Gasteiger partial charge is 0.325 e. The zero-order chi connectivity index (χ0) is 21.5. The van der Waals surface area contributed by atoms with Gasteiger partial charge in [-0.25, -0.2) is 0 Å². The van der Waals surface area contributed by atoms with E-state index in [9.17, 15) is 14.4 Å². The molecule has 0 unspecified atom stereocenters. The van der Waals surface area contributed by atoms with Crippen molar-refractivity contribution in [1.29, 1.82) is 0 Å². The molecule has 0 aliphatic heterocycles. The second-order valence-electron chi connectivity index (χ2n) is 8.19. The fourth-order valence-corrected chi connectivity index (χ4v) is 4.08. The lowest BCUT2D eigenvalue weighted by atomic mass is 9.78. The number of ether oxygens (including phenoxy) is 1. The van der Waals surface area contributed by atoms with Gasteiger partial charge in [-0.2, -0.15) is 0 Å². The Morgan fingerprint density at radius 1 is 1.00 bits per heavy atom. The Bertz CT molecular complexity index is 906. The van der Waals surface area contributed by atoms with Crippen LogP contribution in [0.25, 0.3) is 10.8 Å². The number of esters is 1. The minimum absolute atomic E-state index is 0.125.